The van der Waals surface area contributed by atoms with Gasteiger partial charge in [-0.1, -0.05) is 0 Å². The smallest absolute Gasteiger partial charge is 0.735 e. The standard InChI is InChI=1S/C3H6F3NO3S.Li/c1-7(11(8,9)10)2-3(4,5)6;/h2H2,1H3,(H,8,9,10);/q;+1/p-1. The molecule has 9 heteroatoms. The molecule has 0 atom stereocenters. The Hall–Kier alpha value is 0.257. The van der Waals surface area contributed by atoms with Gasteiger partial charge in [0.1, 0.15) is 6.54 Å². The van der Waals surface area contributed by atoms with Gasteiger partial charge in [-0.05, 0) is 0 Å². The van der Waals surface area contributed by atoms with Gasteiger partial charge < -0.3 is 4.55 Å². The monoisotopic (exact) mass is 199 g/mol. The van der Waals surface area contributed by atoms with E-state index in [4.69, 9.17) is 0 Å². The molecule has 0 aliphatic rings. The number of halogens is 3. The summed E-state index contributed by atoms with van der Waals surface area (Å²) >= 11 is 0. The van der Waals surface area contributed by atoms with E-state index in [1.54, 1.807) is 0 Å². The third kappa shape index (κ3) is 6.94. The topological polar surface area (TPSA) is 60.4 Å². The van der Waals surface area contributed by atoms with E-state index >= 15 is 0 Å². The van der Waals surface area contributed by atoms with Gasteiger partial charge in [-0.2, -0.15) is 13.2 Å². The third-order valence-corrected chi connectivity index (χ3v) is 1.68. The van der Waals surface area contributed by atoms with Gasteiger partial charge in [0.05, 0.1) is 0 Å². The van der Waals surface area contributed by atoms with Crippen molar-refractivity contribution in [2.24, 2.45) is 0 Å². The predicted molar refractivity (Wildman–Crippen MR) is 28.4 cm³/mol. The molecule has 0 bridgehead atoms. The molecule has 0 radical (unpaired) electrons. The zero-order valence-corrected chi connectivity index (χ0v) is 7.24. The van der Waals surface area contributed by atoms with Crippen LogP contribution in [0.1, 0.15) is 0 Å². The molecular formula is C3H5F3LiNO3S. The summed E-state index contributed by atoms with van der Waals surface area (Å²) < 4.78 is 63.5. The second-order valence-electron chi connectivity index (χ2n) is 1.83. The first-order valence-electron chi connectivity index (χ1n) is 2.37. The summed E-state index contributed by atoms with van der Waals surface area (Å²) in [4.78, 5) is 0. The van der Waals surface area contributed by atoms with Crippen molar-refractivity contribution < 1.29 is 45.0 Å². The number of hydrogen-bond donors (Lipinski definition) is 0. The van der Waals surface area contributed by atoms with Crippen molar-refractivity contribution in [2.75, 3.05) is 13.6 Å². The van der Waals surface area contributed by atoms with Crippen LogP contribution in [0.2, 0.25) is 0 Å². The van der Waals surface area contributed by atoms with Crippen LogP contribution >= 0.6 is 0 Å². The van der Waals surface area contributed by atoms with Crippen LogP contribution in [-0.4, -0.2) is 37.0 Å². The molecule has 12 heavy (non-hydrogen) atoms. The van der Waals surface area contributed by atoms with Crippen molar-refractivity contribution in [1.29, 1.82) is 0 Å². The van der Waals surface area contributed by atoms with E-state index < -0.39 is 23.0 Å². The molecule has 0 aliphatic heterocycles. The normalized spacial score (nSPS) is 12.8. The Kier molecular flexibility index (Phi) is 5.51. The first kappa shape index (κ1) is 14.8. The molecule has 0 saturated carbocycles. The number of hydrogen-bond acceptors (Lipinski definition) is 3. The number of nitrogens with zero attached hydrogens (tertiary/aromatic N) is 1. The molecule has 0 saturated heterocycles. The van der Waals surface area contributed by atoms with Crippen LogP contribution in [0.3, 0.4) is 0 Å². The quantitative estimate of drug-likeness (QED) is 0.350. The van der Waals surface area contributed by atoms with E-state index in [1.165, 1.54) is 0 Å². The molecule has 0 fully saturated rings. The summed E-state index contributed by atoms with van der Waals surface area (Å²) in [6.45, 7) is -1.75. The van der Waals surface area contributed by atoms with Crippen LogP contribution < -0.4 is 18.9 Å². The molecule has 0 aromatic carbocycles. The maximum Gasteiger partial charge on any atom is 1.00 e. The van der Waals surface area contributed by atoms with Crippen molar-refractivity contribution in [3.63, 3.8) is 0 Å². The summed E-state index contributed by atoms with van der Waals surface area (Å²) in [6, 6.07) is 0. The first-order valence-corrected chi connectivity index (χ1v) is 3.73. The van der Waals surface area contributed by atoms with E-state index in [9.17, 15) is 26.1 Å². The molecule has 0 rings (SSSR count). The molecule has 0 heterocycles. The average molecular weight is 199 g/mol. The minimum atomic E-state index is -4.97. The van der Waals surface area contributed by atoms with Crippen LogP contribution in [0, 0.1) is 0 Å². The third-order valence-electron chi connectivity index (χ3n) is 0.784. The Morgan fingerprint density at radius 3 is 1.83 bits per heavy atom. The molecule has 4 nitrogen and oxygen atoms in total. The Balaban J connectivity index is 0. The van der Waals surface area contributed by atoms with Gasteiger partial charge >= 0.3 is 25.0 Å². The van der Waals surface area contributed by atoms with Crippen molar-refractivity contribution in [1.82, 2.24) is 4.31 Å². The molecule has 0 aromatic heterocycles. The largest absolute Gasteiger partial charge is 1.00 e. The molecule has 0 aliphatic carbocycles. The zero-order chi connectivity index (χ0) is 9.28. The van der Waals surface area contributed by atoms with Gasteiger partial charge in [0.2, 0.25) is 0 Å². The summed E-state index contributed by atoms with van der Waals surface area (Å²) in [6.07, 6.45) is -4.67. The van der Waals surface area contributed by atoms with Crippen LogP contribution in [0.5, 0.6) is 0 Å². The van der Waals surface area contributed by atoms with Crippen LogP contribution in [0.4, 0.5) is 13.2 Å². The van der Waals surface area contributed by atoms with E-state index in [0.717, 1.165) is 0 Å². The Morgan fingerprint density at radius 1 is 1.42 bits per heavy atom. The van der Waals surface area contributed by atoms with E-state index in [1.807, 2.05) is 0 Å². The summed E-state index contributed by atoms with van der Waals surface area (Å²) in [5, 5.41) is 0. The fourth-order valence-electron chi connectivity index (χ4n) is 0.332. The minimum absolute atomic E-state index is 0. The van der Waals surface area contributed by atoms with Gasteiger partial charge in [0.25, 0.3) is 0 Å². The SMILES string of the molecule is CN(CC(F)(F)F)S(=O)(=O)[O-].[Li+]. The van der Waals surface area contributed by atoms with Gasteiger partial charge in [0.15, 0.2) is 10.3 Å². The van der Waals surface area contributed by atoms with Gasteiger partial charge in [-0.3, -0.25) is 0 Å². The van der Waals surface area contributed by atoms with Gasteiger partial charge in [-0.25, -0.2) is 12.7 Å². The van der Waals surface area contributed by atoms with Crippen LogP contribution in [0.15, 0.2) is 0 Å². The number of alkyl halides is 3. The van der Waals surface area contributed by atoms with Crippen molar-refractivity contribution >= 4 is 10.3 Å². The molecular weight excluding hydrogens is 194 g/mol. The summed E-state index contributed by atoms with van der Waals surface area (Å²) in [7, 11) is -4.41. The van der Waals surface area contributed by atoms with Gasteiger partial charge in [-0.15, -0.1) is 0 Å². The zero-order valence-electron chi connectivity index (χ0n) is 6.42. The van der Waals surface area contributed by atoms with E-state index in [2.05, 4.69) is 0 Å². The molecule has 0 amide bonds. The summed E-state index contributed by atoms with van der Waals surface area (Å²) in [5.41, 5.74) is 0. The van der Waals surface area contributed by atoms with Crippen molar-refractivity contribution in [3.8, 4) is 0 Å². The molecule has 0 unspecified atom stereocenters. The number of rotatable bonds is 2. The van der Waals surface area contributed by atoms with Gasteiger partial charge in [0, 0.05) is 7.05 Å². The van der Waals surface area contributed by atoms with Crippen molar-refractivity contribution in [2.45, 2.75) is 6.18 Å². The second kappa shape index (κ2) is 4.48. The molecule has 0 aromatic rings. The Labute approximate surface area is 79.8 Å². The Morgan fingerprint density at radius 2 is 1.75 bits per heavy atom. The second-order valence-corrected chi connectivity index (χ2v) is 3.31. The Bertz CT molecular complexity index is 225. The fraction of sp³-hybridized carbons (Fsp3) is 1.00. The maximum absolute atomic E-state index is 11.4. The van der Waals surface area contributed by atoms with Crippen LogP contribution in [-0.2, 0) is 10.3 Å². The van der Waals surface area contributed by atoms with E-state index in [0.29, 0.717) is 7.05 Å². The van der Waals surface area contributed by atoms with E-state index in [-0.39, 0.29) is 23.2 Å². The molecule has 68 valence electrons. The minimum Gasteiger partial charge on any atom is -0.735 e. The predicted octanol–water partition coefficient (Wildman–Crippen LogP) is -3.06. The fourth-order valence-corrected chi connectivity index (χ4v) is 0.636. The molecule has 0 spiro atoms. The summed E-state index contributed by atoms with van der Waals surface area (Å²) in [5.74, 6) is 0. The van der Waals surface area contributed by atoms with Crippen molar-refractivity contribution in [3.05, 3.63) is 0 Å². The maximum atomic E-state index is 11.4. The first-order chi connectivity index (χ1) is 4.63. The molecule has 0 N–H and O–H groups in total. The average Bonchev–Trinajstić information content (AvgIpc) is 1.56. The van der Waals surface area contributed by atoms with Crippen LogP contribution in [0.25, 0.3) is 0 Å².